The van der Waals surface area contributed by atoms with Crippen LogP contribution in [0, 0.1) is 0 Å². The number of rotatable bonds is 2. The standard InChI is InChI=1S/C15H23N5O2/c1-14(2,3)11-10(7-16-19-11)8-20-6-4-5-15(9-20)12(21)17-13(22)18-15/h7H,4-6,8-9H2,1-3H3,(H,16,19)(H2,17,18,21,22). The molecule has 0 saturated carbocycles. The van der Waals surface area contributed by atoms with Gasteiger partial charge in [0.1, 0.15) is 5.54 Å². The van der Waals surface area contributed by atoms with Crippen molar-refractivity contribution in [3.63, 3.8) is 0 Å². The average molecular weight is 305 g/mol. The molecule has 3 heterocycles. The normalized spacial score (nSPS) is 26.3. The Hall–Kier alpha value is -1.89. The van der Waals surface area contributed by atoms with Crippen LogP contribution in [0.3, 0.4) is 0 Å². The summed E-state index contributed by atoms with van der Waals surface area (Å²) in [5.41, 5.74) is 1.50. The number of imide groups is 1. The molecule has 7 heteroatoms. The smallest absolute Gasteiger partial charge is 0.322 e. The summed E-state index contributed by atoms with van der Waals surface area (Å²) >= 11 is 0. The number of amides is 3. The van der Waals surface area contributed by atoms with Crippen LogP contribution in [0.15, 0.2) is 6.20 Å². The number of urea groups is 1. The van der Waals surface area contributed by atoms with Crippen molar-refractivity contribution in [1.29, 1.82) is 0 Å². The molecule has 22 heavy (non-hydrogen) atoms. The van der Waals surface area contributed by atoms with Crippen LogP contribution in [0.5, 0.6) is 0 Å². The first kappa shape index (κ1) is 15.0. The van der Waals surface area contributed by atoms with E-state index in [2.05, 4.69) is 46.5 Å². The number of likely N-dealkylation sites (tertiary alicyclic amines) is 1. The monoisotopic (exact) mass is 305 g/mol. The molecule has 2 aliphatic heterocycles. The highest BCUT2D eigenvalue weighted by Gasteiger charge is 2.48. The van der Waals surface area contributed by atoms with Gasteiger partial charge in [0.15, 0.2) is 0 Å². The van der Waals surface area contributed by atoms with Gasteiger partial charge in [-0.05, 0) is 19.4 Å². The van der Waals surface area contributed by atoms with Crippen LogP contribution in [-0.4, -0.2) is 45.7 Å². The SMILES string of the molecule is CC(C)(C)c1[nH]ncc1CN1CCCC2(C1)NC(=O)NC2=O. The Bertz CT molecular complexity index is 603. The van der Waals surface area contributed by atoms with Crippen molar-refractivity contribution in [3.05, 3.63) is 17.5 Å². The second-order valence-electron chi connectivity index (χ2n) is 7.32. The Kier molecular flexibility index (Phi) is 3.47. The number of H-pyrrole nitrogens is 1. The number of hydrogen-bond donors (Lipinski definition) is 3. The molecule has 3 amide bonds. The first-order chi connectivity index (χ1) is 10.3. The molecule has 2 saturated heterocycles. The topological polar surface area (TPSA) is 90.1 Å². The van der Waals surface area contributed by atoms with Gasteiger partial charge in [0.05, 0.1) is 6.20 Å². The predicted octanol–water partition coefficient (Wildman–Crippen LogP) is 0.881. The molecule has 1 spiro atoms. The molecular weight excluding hydrogens is 282 g/mol. The Morgan fingerprint density at radius 2 is 2.14 bits per heavy atom. The number of carbonyl (C=O) groups excluding carboxylic acids is 2. The summed E-state index contributed by atoms with van der Waals surface area (Å²) in [4.78, 5) is 25.8. The molecule has 1 aromatic rings. The van der Waals surface area contributed by atoms with Gasteiger partial charge in [-0.3, -0.25) is 20.1 Å². The summed E-state index contributed by atoms with van der Waals surface area (Å²) in [6, 6.07) is -0.384. The molecule has 7 nitrogen and oxygen atoms in total. The Morgan fingerprint density at radius 3 is 2.77 bits per heavy atom. The fourth-order valence-electron chi connectivity index (χ4n) is 3.42. The van der Waals surface area contributed by atoms with E-state index < -0.39 is 5.54 Å². The Morgan fingerprint density at radius 1 is 1.36 bits per heavy atom. The van der Waals surface area contributed by atoms with E-state index >= 15 is 0 Å². The van der Waals surface area contributed by atoms with Gasteiger partial charge in [-0.2, -0.15) is 5.10 Å². The van der Waals surface area contributed by atoms with Crippen LogP contribution < -0.4 is 10.6 Å². The van der Waals surface area contributed by atoms with E-state index in [4.69, 9.17) is 0 Å². The number of nitrogens with zero attached hydrogens (tertiary/aromatic N) is 2. The van der Waals surface area contributed by atoms with E-state index in [1.165, 1.54) is 0 Å². The molecule has 3 rings (SSSR count). The highest BCUT2D eigenvalue weighted by molar-refractivity contribution is 6.07. The van der Waals surface area contributed by atoms with Crippen LogP contribution >= 0.6 is 0 Å². The third-order valence-electron chi connectivity index (χ3n) is 4.45. The van der Waals surface area contributed by atoms with Crippen LogP contribution in [-0.2, 0) is 16.8 Å². The van der Waals surface area contributed by atoms with Gasteiger partial charge in [-0.15, -0.1) is 0 Å². The Balaban J connectivity index is 1.76. The zero-order valence-electron chi connectivity index (χ0n) is 13.3. The maximum atomic E-state index is 12.1. The van der Waals surface area contributed by atoms with Crippen molar-refractivity contribution < 1.29 is 9.59 Å². The second kappa shape index (κ2) is 5.08. The highest BCUT2D eigenvalue weighted by atomic mass is 16.2. The molecule has 0 radical (unpaired) electrons. The third-order valence-corrected chi connectivity index (χ3v) is 4.45. The van der Waals surface area contributed by atoms with E-state index in [0.717, 1.165) is 30.8 Å². The van der Waals surface area contributed by atoms with E-state index in [1.807, 2.05) is 6.20 Å². The fourth-order valence-corrected chi connectivity index (χ4v) is 3.42. The zero-order chi connectivity index (χ0) is 16.0. The fraction of sp³-hybridized carbons (Fsp3) is 0.667. The number of hydrogen-bond acceptors (Lipinski definition) is 4. The van der Waals surface area contributed by atoms with E-state index in [9.17, 15) is 9.59 Å². The second-order valence-corrected chi connectivity index (χ2v) is 7.32. The minimum absolute atomic E-state index is 0.00173. The third kappa shape index (κ3) is 2.61. The Labute approximate surface area is 129 Å². The van der Waals surface area contributed by atoms with Crippen LogP contribution in [0.1, 0.15) is 44.9 Å². The quantitative estimate of drug-likeness (QED) is 0.708. The molecular formula is C15H23N5O2. The van der Waals surface area contributed by atoms with Crippen LogP contribution in [0.25, 0.3) is 0 Å². The van der Waals surface area contributed by atoms with Crippen molar-refractivity contribution in [2.24, 2.45) is 0 Å². The number of nitrogens with one attached hydrogen (secondary N) is 3. The largest absolute Gasteiger partial charge is 0.322 e. The number of aromatic nitrogens is 2. The lowest BCUT2D eigenvalue weighted by Gasteiger charge is -2.38. The van der Waals surface area contributed by atoms with Gasteiger partial charge in [0.25, 0.3) is 5.91 Å². The summed E-state index contributed by atoms with van der Waals surface area (Å²) in [6.45, 7) is 8.62. The van der Waals surface area contributed by atoms with Gasteiger partial charge in [-0.1, -0.05) is 20.8 Å². The van der Waals surface area contributed by atoms with Crippen molar-refractivity contribution >= 4 is 11.9 Å². The minimum atomic E-state index is -0.763. The first-order valence-electron chi connectivity index (χ1n) is 7.69. The van der Waals surface area contributed by atoms with Crippen molar-refractivity contribution in [3.8, 4) is 0 Å². The molecule has 0 aliphatic carbocycles. The molecule has 2 fully saturated rings. The van der Waals surface area contributed by atoms with Gasteiger partial charge in [0.2, 0.25) is 0 Å². The summed E-state index contributed by atoms with van der Waals surface area (Å²) in [6.07, 6.45) is 3.43. The molecule has 1 aromatic heterocycles. The molecule has 3 N–H and O–H groups in total. The van der Waals surface area contributed by atoms with E-state index in [0.29, 0.717) is 13.0 Å². The van der Waals surface area contributed by atoms with E-state index in [1.54, 1.807) is 0 Å². The highest BCUT2D eigenvalue weighted by Crippen LogP contribution is 2.28. The lowest BCUT2D eigenvalue weighted by molar-refractivity contribution is -0.126. The number of piperidine rings is 1. The van der Waals surface area contributed by atoms with E-state index in [-0.39, 0.29) is 17.4 Å². The summed E-state index contributed by atoms with van der Waals surface area (Å²) < 4.78 is 0. The lowest BCUT2D eigenvalue weighted by atomic mass is 9.87. The predicted molar refractivity (Wildman–Crippen MR) is 81.2 cm³/mol. The number of aromatic amines is 1. The molecule has 1 atom stereocenters. The van der Waals surface area contributed by atoms with Gasteiger partial charge in [0, 0.05) is 29.8 Å². The van der Waals surface area contributed by atoms with Gasteiger partial charge >= 0.3 is 6.03 Å². The lowest BCUT2D eigenvalue weighted by Crippen LogP contribution is -2.58. The van der Waals surface area contributed by atoms with Crippen molar-refractivity contribution in [2.45, 2.75) is 51.1 Å². The number of carbonyl (C=O) groups is 2. The summed E-state index contributed by atoms with van der Waals surface area (Å²) in [5, 5.41) is 12.4. The van der Waals surface area contributed by atoms with Crippen molar-refractivity contribution in [2.75, 3.05) is 13.1 Å². The zero-order valence-corrected chi connectivity index (χ0v) is 13.3. The average Bonchev–Trinajstić information content (AvgIpc) is 2.95. The summed E-state index contributed by atoms with van der Waals surface area (Å²) in [5.74, 6) is -0.203. The molecule has 120 valence electrons. The van der Waals surface area contributed by atoms with Crippen molar-refractivity contribution in [1.82, 2.24) is 25.7 Å². The minimum Gasteiger partial charge on any atom is -0.322 e. The van der Waals surface area contributed by atoms with Gasteiger partial charge in [-0.25, -0.2) is 4.79 Å². The molecule has 0 aromatic carbocycles. The summed E-state index contributed by atoms with van der Waals surface area (Å²) in [7, 11) is 0. The molecule has 0 bridgehead atoms. The van der Waals surface area contributed by atoms with Gasteiger partial charge < -0.3 is 5.32 Å². The maximum absolute atomic E-state index is 12.1. The first-order valence-corrected chi connectivity index (χ1v) is 7.69. The van der Waals surface area contributed by atoms with Crippen LogP contribution in [0.4, 0.5) is 4.79 Å². The molecule has 2 aliphatic rings. The maximum Gasteiger partial charge on any atom is 0.322 e. The molecule has 1 unspecified atom stereocenters. The van der Waals surface area contributed by atoms with Crippen LogP contribution in [0.2, 0.25) is 0 Å².